The van der Waals surface area contributed by atoms with Crippen molar-refractivity contribution in [2.75, 3.05) is 38.7 Å². The third-order valence-electron chi connectivity index (χ3n) is 2.63. The van der Waals surface area contributed by atoms with E-state index < -0.39 is 0 Å². The van der Waals surface area contributed by atoms with Crippen molar-refractivity contribution < 1.29 is 14.3 Å². The molecule has 0 fully saturated rings. The van der Waals surface area contributed by atoms with Gasteiger partial charge in [-0.3, -0.25) is 14.5 Å². The van der Waals surface area contributed by atoms with Crippen LogP contribution in [0.4, 0.5) is 5.69 Å². The smallest absolute Gasteiger partial charge is 0.320 e. The number of ether oxygens (including phenoxy) is 1. The molecule has 0 aliphatic rings. The van der Waals surface area contributed by atoms with Crippen LogP contribution in [-0.2, 0) is 14.3 Å². The number of esters is 1. The highest BCUT2D eigenvalue weighted by atomic mass is 16.5. The summed E-state index contributed by atoms with van der Waals surface area (Å²) in [6.45, 7) is 2.39. The summed E-state index contributed by atoms with van der Waals surface area (Å²) in [7, 11) is 3.43. The molecule has 5 nitrogen and oxygen atoms in total. The monoisotopic (exact) mass is 264 g/mol. The first-order valence-electron chi connectivity index (χ1n) is 6.20. The van der Waals surface area contributed by atoms with Gasteiger partial charge in [0.05, 0.1) is 19.7 Å². The molecule has 0 radical (unpaired) electrons. The van der Waals surface area contributed by atoms with Gasteiger partial charge in [-0.25, -0.2) is 0 Å². The molecule has 0 N–H and O–H groups in total. The molecule has 5 heteroatoms. The van der Waals surface area contributed by atoms with E-state index in [9.17, 15) is 9.59 Å². The zero-order chi connectivity index (χ0) is 14.3. The molecule has 0 spiro atoms. The summed E-state index contributed by atoms with van der Waals surface area (Å²) >= 11 is 0. The van der Waals surface area contributed by atoms with E-state index in [1.807, 2.05) is 30.3 Å². The maximum absolute atomic E-state index is 12.0. The zero-order valence-electron chi connectivity index (χ0n) is 11.6. The van der Waals surface area contributed by atoms with Crippen LogP contribution in [0.5, 0.6) is 0 Å². The topological polar surface area (TPSA) is 49.9 Å². The number of carbonyl (C=O) groups excluding carboxylic acids is 2. The Balaban J connectivity index is 2.48. The van der Waals surface area contributed by atoms with Crippen LogP contribution in [0.25, 0.3) is 0 Å². The molecule has 0 unspecified atom stereocenters. The summed E-state index contributed by atoms with van der Waals surface area (Å²) in [5.41, 5.74) is 0.831. The molecule has 0 saturated carbocycles. The molecule has 0 atom stereocenters. The Morgan fingerprint density at radius 1 is 1.11 bits per heavy atom. The van der Waals surface area contributed by atoms with Crippen molar-refractivity contribution in [2.45, 2.75) is 6.92 Å². The van der Waals surface area contributed by atoms with Crippen LogP contribution in [-0.4, -0.2) is 50.6 Å². The van der Waals surface area contributed by atoms with Crippen molar-refractivity contribution in [3.05, 3.63) is 30.3 Å². The van der Waals surface area contributed by atoms with Gasteiger partial charge in [0.1, 0.15) is 0 Å². The minimum Gasteiger partial charge on any atom is -0.465 e. The maximum Gasteiger partial charge on any atom is 0.320 e. The van der Waals surface area contributed by atoms with Gasteiger partial charge in [0.25, 0.3) is 0 Å². The fraction of sp³-hybridized carbons (Fsp3) is 0.429. The predicted octanol–water partition coefficient (Wildman–Crippen LogP) is 1.14. The molecule has 1 aromatic rings. The van der Waals surface area contributed by atoms with Crippen LogP contribution >= 0.6 is 0 Å². The van der Waals surface area contributed by atoms with Crippen LogP contribution in [0.2, 0.25) is 0 Å². The number of hydrogen-bond acceptors (Lipinski definition) is 4. The summed E-state index contributed by atoms with van der Waals surface area (Å²) in [6.07, 6.45) is 0. The van der Waals surface area contributed by atoms with Gasteiger partial charge in [-0.1, -0.05) is 18.2 Å². The van der Waals surface area contributed by atoms with Crippen molar-refractivity contribution in [3.8, 4) is 0 Å². The second-order valence-corrected chi connectivity index (χ2v) is 4.27. The van der Waals surface area contributed by atoms with Crippen molar-refractivity contribution >= 4 is 17.6 Å². The summed E-state index contributed by atoms with van der Waals surface area (Å²) in [5.74, 6) is -0.391. The molecular weight excluding hydrogens is 244 g/mol. The van der Waals surface area contributed by atoms with Gasteiger partial charge in [-0.05, 0) is 26.1 Å². The second kappa shape index (κ2) is 7.53. The lowest BCUT2D eigenvalue weighted by atomic mass is 10.3. The van der Waals surface area contributed by atoms with Crippen LogP contribution in [0.15, 0.2) is 30.3 Å². The summed E-state index contributed by atoms with van der Waals surface area (Å²) in [5, 5.41) is 0. The van der Waals surface area contributed by atoms with Gasteiger partial charge in [-0.15, -0.1) is 0 Å². The number of hydrogen-bond donors (Lipinski definition) is 0. The van der Waals surface area contributed by atoms with Crippen LogP contribution in [0, 0.1) is 0 Å². The lowest BCUT2D eigenvalue weighted by Crippen LogP contribution is -2.39. The van der Waals surface area contributed by atoms with Crippen molar-refractivity contribution in [1.29, 1.82) is 0 Å². The number of nitrogens with zero attached hydrogens (tertiary/aromatic N) is 2. The maximum atomic E-state index is 12.0. The lowest BCUT2D eigenvalue weighted by Gasteiger charge is -2.21. The van der Waals surface area contributed by atoms with Gasteiger partial charge in [-0.2, -0.15) is 0 Å². The Morgan fingerprint density at radius 3 is 2.32 bits per heavy atom. The average Bonchev–Trinajstić information content (AvgIpc) is 2.38. The summed E-state index contributed by atoms with van der Waals surface area (Å²) in [6, 6.07) is 9.38. The van der Waals surface area contributed by atoms with Crippen LogP contribution in [0.3, 0.4) is 0 Å². The van der Waals surface area contributed by atoms with E-state index in [0.29, 0.717) is 6.61 Å². The first-order chi connectivity index (χ1) is 9.04. The minimum absolute atomic E-state index is 0.0713. The fourth-order valence-corrected chi connectivity index (χ4v) is 1.62. The number of carbonyl (C=O) groups is 2. The molecule has 0 heterocycles. The first kappa shape index (κ1) is 15.2. The Hall–Kier alpha value is -1.88. The molecule has 0 aliphatic heterocycles. The highest BCUT2D eigenvalue weighted by Gasteiger charge is 2.15. The van der Waals surface area contributed by atoms with Crippen molar-refractivity contribution in [1.82, 2.24) is 4.90 Å². The number of anilines is 1. The molecule has 0 aliphatic carbocycles. The molecule has 0 saturated heterocycles. The molecule has 1 aromatic carbocycles. The third-order valence-corrected chi connectivity index (χ3v) is 2.63. The van der Waals surface area contributed by atoms with Gasteiger partial charge in [0, 0.05) is 12.7 Å². The predicted molar refractivity (Wildman–Crippen MR) is 74.0 cm³/mol. The van der Waals surface area contributed by atoms with Gasteiger partial charge in [0.15, 0.2) is 0 Å². The zero-order valence-corrected chi connectivity index (χ0v) is 11.6. The van der Waals surface area contributed by atoms with Gasteiger partial charge >= 0.3 is 5.97 Å². The summed E-state index contributed by atoms with van der Waals surface area (Å²) in [4.78, 5) is 26.5. The Labute approximate surface area is 113 Å². The van der Waals surface area contributed by atoms with E-state index in [1.54, 1.807) is 30.8 Å². The number of amides is 1. The van der Waals surface area contributed by atoms with E-state index in [4.69, 9.17) is 4.74 Å². The number of likely N-dealkylation sites (N-methyl/N-ethyl adjacent to an activating group) is 2. The van der Waals surface area contributed by atoms with E-state index in [0.717, 1.165) is 5.69 Å². The van der Waals surface area contributed by atoms with Crippen molar-refractivity contribution in [3.63, 3.8) is 0 Å². The molecular formula is C14H20N2O3. The fourth-order valence-electron chi connectivity index (χ4n) is 1.62. The van der Waals surface area contributed by atoms with Gasteiger partial charge < -0.3 is 9.64 Å². The Morgan fingerprint density at radius 2 is 1.74 bits per heavy atom. The number of rotatable bonds is 6. The number of para-hydroxylation sites is 1. The quantitative estimate of drug-likeness (QED) is 0.723. The van der Waals surface area contributed by atoms with Crippen LogP contribution < -0.4 is 4.90 Å². The molecule has 19 heavy (non-hydrogen) atoms. The molecule has 1 rings (SSSR count). The molecule has 104 valence electrons. The van der Waals surface area contributed by atoms with E-state index in [-0.39, 0.29) is 25.0 Å². The second-order valence-electron chi connectivity index (χ2n) is 4.27. The lowest BCUT2D eigenvalue weighted by molar-refractivity contribution is -0.144. The standard InChI is InChI=1S/C14H20N2O3/c1-4-19-14(18)11-15(2)10-13(17)16(3)12-8-6-5-7-9-12/h5-9H,4,10-11H2,1-3H3. The Kier molecular flexibility index (Phi) is 6.02. The minimum atomic E-state index is -0.319. The number of benzene rings is 1. The molecule has 0 bridgehead atoms. The largest absolute Gasteiger partial charge is 0.465 e. The van der Waals surface area contributed by atoms with E-state index in [1.165, 1.54) is 0 Å². The first-order valence-corrected chi connectivity index (χ1v) is 6.20. The van der Waals surface area contributed by atoms with Crippen molar-refractivity contribution in [2.24, 2.45) is 0 Å². The van der Waals surface area contributed by atoms with E-state index in [2.05, 4.69) is 0 Å². The Bertz CT molecular complexity index is 420. The normalized spacial score (nSPS) is 10.3. The third kappa shape index (κ3) is 5.09. The van der Waals surface area contributed by atoms with Crippen LogP contribution in [0.1, 0.15) is 6.92 Å². The summed E-state index contributed by atoms with van der Waals surface area (Å²) < 4.78 is 4.83. The highest BCUT2D eigenvalue weighted by molar-refractivity contribution is 5.94. The molecule has 0 aromatic heterocycles. The van der Waals surface area contributed by atoms with Gasteiger partial charge in [0.2, 0.25) is 5.91 Å². The highest BCUT2D eigenvalue weighted by Crippen LogP contribution is 2.11. The van der Waals surface area contributed by atoms with E-state index >= 15 is 0 Å². The SMILES string of the molecule is CCOC(=O)CN(C)CC(=O)N(C)c1ccccc1. The average molecular weight is 264 g/mol. The molecule has 1 amide bonds.